The van der Waals surface area contributed by atoms with Crippen LogP contribution < -0.4 is 5.32 Å². The molecule has 0 aliphatic carbocycles. The summed E-state index contributed by atoms with van der Waals surface area (Å²) in [5.41, 5.74) is 9.10. The molecule has 0 aliphatic rings. The summed E-state index contributed by atoms with van der Waals surface area (Å²) in [6.45, 7) is 5.35. The van der Waals surface area contributed by atoms with E-state index < -0.39 is 5.68 Å². The predicted molar refractivity (Wildman–Crippen MR) is 156 cm³/mol. The molecule has 0 saturated heterocycles. The molecule has 0 aliphatic heterocycles. The quantitative estimate of drug-likeness (QED) is 0.185. The zero-order chi connectivity index (χ0) is 26.4. The molecule has 1 N–H and O–H groups in total. The van der Waals surface area contributed by atoms with Gasteiger partial charge in [0.2, 0.25) is 5.12 Å². The van der Waals surface area contributed by atoms with Crippen molar-refractivity contribution in [3.05, 3.63) is 118 Å². The third kappa shape index (κ3) is 6.88. The number of thiol groups is 1. The minimum Gasteiger partial charge on any atom is -0.309 e. The highest BCUT2D eigenvalue weighted by Crippen LogP contribution is 2.26. The van der Waals surface area contributed by atoms with E-state index in [1.807, 2.05) is 24.3 Å². The lowest BCUT2D eigenvalue weighted by molar-refractivity contribution is 0.107. The van der Waals surface area contributed by atoms with Crippen molar-refractivity contribution in [2.24, 2.45) is 0 Å². The van der Waals surface area contributed by atoms with Crippen molar-refractivity contribution in [1.29, 1.82) is 0 Å². The second-order valence-corrected chi connectivity index (χ2v) is 9.62. The fourth-order valence-electron chi connectivity index (χ4n) is 4.40. The van der Waals surface area contributed by atoms with Gasteiger partial charge in [-0.2, -0.15) is 0 Å². The third-order valence-electron chi connectivity index (χ3n) is 6.57. The van der Waals surface area contributed by atoms with Crippen molar-refractivity contribution in [3.8, 4) is 22.3 Å². The van der Waals surface area contributed by atoms with Gasteiger partial charge in [0.1, 0.15) is 5.68 Å². The van der Waals surface area contributed by atoms with Gasteiger partial charge in [0.05, 0.1) is 0 Å². The zero-order valence-corrected chi connectivity index (χ0v) is 22.1. The van der Waals surface area contributed by atoms with Crippen LogP contribution in [0.5, 0.6) is 0 Å². The van der Waals surface area contributed by atoms with E-state index >= 15 is 0 Å². The van der Waals surface area contributed by atoms with Gasteiger partial charge in [-0.1, -0.05) is 62.4 Å². The first-order valence-corrected chi connectivity index (χ1v) is 13.0. The minimum atomic E-state index is -0.452. The first-order chi connectivity index (χ1) is 17.9. The average Bonchev–Trinajstić information content (AvgIpc) is 2.92. The monoisotopic (exact) mass is 503 g/mol. The number of hydrogen-bond acceptors (Lipinski definition) is 3. The normalized spacial score (nSPS) is 10.9. The van der Waals surface area contributed by atoms with Gasteiger partial charge < -0.3 is 10.1 Å². The van der Waals surface area contributed by atoms with Gasteiger partial charge in [-0.05, 0) is 93.7 Å². The Kier molecular flexibility index (Phi) is 8.80. The molecule has 4 aromatic carbocycles. The van der Waals surface area contributed by atoms with Crippen LogP contribution in [0.4, 0.5) is 0 Å². The fourth-order valence-corrected chi connectivity index (χ4v) is 4.53. The molecule has 0 fully saturated rings. The molecular formula is C32H30BNO2S. The van der Waals surface area contributed by atoms with Crippen LogP contribution in [0.1, 0.15) is 56.8 Å². The summed E-state index contributed by atoms with van der Waals surface area (Å²) in [6.07, 6.45) is 1.95. The summed E-state index contributed by atoms with van der Waals surface area (Å²) in [4.78, 5) is 24.1. The first kappa shape index (κ1) is 26.7. The second-order valence-electron chi connectivity index (χ2n) is 9.21. The number of carbonyl (C=O) groups excluding carboxylic acids is 2. The van der Waals surface area contributed by atoms with E-state index in [1.165, 1.54) is 11.1 Å². The van der Waals surface area contributed by atoms with E-state index in [9.17, 15) is 9.59 Å². The Morgan fingerprint density at radius 1 is 0.622 bits per heavy atom. The lowest BCUT2D eigenvalue weighted by Crippen LogP contribution is -2.14. The Morgan fingerprint density at radius 3 is 1.46 bits per heavy atom. The second kappa shape index (κ2) is 12.2. The van der Waals surface area contributed by atoms with Crippen LogP contribution in [-0.2, 0) is 25.9 Å². The fraction of sp³-hybridized carbons (Fsp3) is 0.188. The number of aryl methyl sites for hydroxylation is 2. The van der Waals surface area contributed by atoms with Crippen molar-refractivity contribution in [2.45, 2.75) is 39.8 Å². The number of benzene rings is 4. The highest BCUT2D eigenvalue weighted by atomic mass is 32.1. The summed E-state index contributed by atoms with van der Waals surface area (Å²) < 4.78 is 0. The molecule has 5 heteroatoms. The molecule has 0 spiro atoms. The molecule has 0 unspecified atom stereocenters. The van der Waals surface area contributed by atoms with Gasteiger partial charge >= 0.3 is 0 Å². The summed E-state index contributed by atoms with van der Waals surface area (Å²) >= 11 is 4.06. The SMILES string of the molecule is [B]C(=O)c1cc(CNCc2cc(C(=O)S)cc(-c3ccc(CC)cc3)c2)cc(-c2ccc(CC)cc2)c1. The largest absolute Gasteiger partial charge is 0.309 e. The summed E-state index contributed by atoms with van der Waals surface area (Å²) in [6, 6.07) is 28.3. The standard InChI is InChI=1S/C32H30BNO2S/c1-3-21-5-9-25(10-6-21)27-13-23(15-29(17-27)31(33)35)19-34-20-24-14-28(18-30(16-24)32(36)37)26-11-7-22(4-2)8-12-26/h5-18,34H,3-4,19-20H2,1-2H3,(H,36,37). The van der Waals surface area contributed by atoms with Crippen molar-refractivity contribution in [3.63, 3.8) is 0 Å². The zero-order valence-electron chi connectivity index (χ0n) is 21.3. The maximum Gasteiger partial charge on any atom is 0.216 e. The molecule has 0 atom stereocenters. The van der Waals surface area contributed by atoms with Crippen molar-refractivity contribution in [1.82, 2.24) is 5.32 Å². The molecule has 0 amide bonds. The maximum absolute atomic E-state index is 12.1. The third-order valence-corrected chi connectivity index (χ3v) is 6.82. The summed E-state index contributed by atoms with van der Waals surface area (Å²) in [5.74, 6) is 0. The van der Waals surface area contributed by atoms with E-state index in [-0.39, 0.29) is 5.12 Å². The van der Waals surface area contributed by atoms with E-state index in [2.05, 4.69) is 92.5 Å². The molecule has 0 bridgehead atoms. The number of nitrogens with one attached hydrogen (secondary N) is 1. The molecule has 4 aromatic rings. The van der Waals surface area contributed by atoms with Gasteiger partial charge in [-0.25, -0.2) is 0 Å². The molecule has 3 nitrogen and oxygen atoms in total. The van der Waals surface area contributed by atoms with Gasteiger partial charge in [0.25, 0.3) is 0 Å². The molecule has 184 valence electrons. The molecule has 0 aromatic heterocycles. The van der Waals surface area contributed by atoms with E-state index in [1.54, 1.807) is 0 Å². The van der Waals surface area contributed by atoms with Crippen molar-refractivity contribution >= 4 is 31.3 Å². The predicted octanol–water partition coefficient (Wildman–Crippen LogP) is 6.81. The lowest BCUT2D eigenvalue weighted by Gasteiger charge is -2.12. The van der Waals surface area contributed by atoms with Crippen LogP contribution >= 0.6 is 12.6 Å². The van der Waals surface area contributed by atoms with Crippen LogP contribution in [0, 0.1) is 0 Å². The van der Waals surface area contributed by atoms with Crippen LogP contribution in [0.15, 0.2) is 84.9 Å². The highest BCUT2D eigenvalue weighted by molar-refractivity contribution is 7.97. The van der Waals surface area contributed by atoms with E-state index in [0.29, 0.717) is 24.2 Å². The smallest absolute Gasteiger partial charge is 0.216 e. The molecule has 0 saturated carbocycles. The summed E-state index contributed by atoms with van der Waals surface area (Å²) in [5, 5.41) is 3.19. The van der Waals surface area contributed by atoms with Crippen LogP contribution in [-0.4, -0.2) is 18.6 Å². The Hall–Kier alpha value is -3.41. The first-order valence-electron chi connectivity index (χ1n) is 12.6. The van der Waals surface area contributed by atoms with Gasteiger partial charge in [0.15, 0.2) is 7.85 Å². The molecule has 37 heavy (non-hydrogen) atoms. The summed E-state index contributed by atoms with van der Waals surface area (Å²) in [7, 11) is 5.63. The van der Waals surface area contributed by atoms with Gasteiger partial charge in [0, 0.05) is 24.2 Å². The van der Waals surface area contributed by atoms with E-state index in [0.717, 1.165) is 46.2 Å². The van der Waals surface area contributed by atoms with Crippen LogP contribution in [0.3, 0.4) is 0 Å². The van der Waals surface area contributed by atoms with Crippen LogP contribution in [0.2, 0.25) is 0 Å². The molecule has 4 rings (SSSR count). The van der Waals surface area contributed by atoms with Crippen LogP contribution in [0.25, 0.3) is 22.3 Å². The van der Waals surface area contributed by atoms with E-state index in [4.69, 9.17) is 7.85 Å². The number of carbonyl (C=O) groups is 2. The van der Waals surface area contributed by atoms with Gasteiger partial charge in [-0.15, -0.1) is 12.6 Å². The Balaban J connectivity index is 1.55. The average molecular weight is 503 g/mol. The number of hydrogen-bond donors (Lipinski definition) is 2. The van der Waals surface area contributed by atoms with Gasteiger partial charge in [-0.3, -0.25) is 4.79 Å². The lowest BCUT2D eigenvalue weighted by atomic mass is 9.90. The number of rotatable bonds is 10. The van der Waals surface area contributed by atoms with Crippen molar-refractivity contribution in [2.75, 3.05) is 0 Å². The molecule has 2 radical (unpaired) electrons. The van der Waals surface area contributed by atoms with Crippen molar-refractivity contribution < 1.29 is 9.59 Å². The Morgan fingerprint density at radius 2 is 1.05 bits per heavy atom. The Labute approximate surface area is 226 Å². The topological polar surface area (TPSA) is 46.2 Å². The Bertz CT molecular complexity index is 1300. The highest BCUT2D eigenvalue weighted by Gasteiger charge is 2.10. The molecule has 0 heterocycles. The minimum absolute atomic E-state index is 0.263. The maximum atomic E-state index is 12.1. The molecular weight excluding hydrogens is 473 g/mol.